The summed E-state index contributed by atoms with van der Waals surface area (Å²) in [6.07, 6.45) is 0.719. The summed E-state index contributed by atoms with van der Waals surface area (Å²) >= 11 is 0. The normalized spacial score (nSPS) is 27.3. The molecule has 0 radical (unpaired) electrons. The van der Waals surface area contributed by atoms with Crippen molar-refractivity contribution in [1.82, 2.24) is 9.62 Å². The Morgan fingerprint density at radius 2 is 1.95 bits per heavy atom. The van der Waals surface area contributed by atoms with E-state index < -0.39 is 27.3 Å². The van der Waals surface area contributed by atoms with Crippen LogP contribution in [-0.2, 0) is 14.8 Å². The summed E-state index contributed by atoms with van der Waals surface area (Å²) in [6, 6.07) is 2.33. The maximum atomic E-state index is 13.3. The zero-order valence-corrected chi connectivity index (χ0v) is 12.1. The average molecular weight is 318 g/mol. The lowest BCUT2D eigenvalue weighted by atomic mass is 10.0. The zero-order chi connectivity index (χ0) is 15.1. The second-order valence-corrected chi connectivity index (χ2v) is 7.34. The molecule has 1 atom stereocenters. The molecule has 5 nitrogen and oxygen atoms in total. The number of halogens is 2. The van der Waals surface area contributed by atoms with Crippen molar-refractivity contribution < 1.29 is 21.9 Å². The minimum absolute atomic E-state index is 0.183. The molecule has 21 heavy (non-hydrogen) atoms. The Morgan fingerprint density at radius 1 is 1.24 bits per heavy atom. The van der Waals surface area contributed by atoms with E-state index in [0.29, 0.717) is 12.6 Å². The smallest absolute Gasteiger partial charge is 0.243 e. The lowest BCUT2D eigenvalue weighted by molar-refractivity contribution is -0.0753. The maximum Gasteiger partial charge on any atom is 0.243 e. The van der Waals surface area contributed by atoms with Gasteiger partial charge in [-0.3, -0.25) is 0 Å². The van der Waals surface area contributed by atoms with Gasteiger partial charge >= 0.3 is 0 Å². The van der Waals surface area contributed by atoms with Gasteiger partial charge in [-0.25, -0.2) is 17.2 Å². The number of nitrogens with one attached hydrogen (secondary N) is 1. The number of rotatable bonds is 2. The van der Waals surface area contributed by atoms with Crippen LogP contribution in [0.25, 0.3) is 0 Å². The predicted octanol–water partition coefficient (Wildman–Crippen LogP) is 0.718. The quantitative estimate of drug-likeness (QED) is 0.873. The van der Waals surface area contributed by atoms with Crippen LogP contribution in [0, 0.1) is 11.6 Å². The molecule has 2 aliphatic rings. The van der Waals surface area contributed by atoms with Crippen molar-refractivity contribution in [2.24, 2.45) is 0 Å². The van der Waals surface area contributed by atoms with Crippen LogP contribution >= 0.6 is 0 Å². The Hall–Kier alpha value is -1.09. The van der Waals surface area contributed by atoms with Crippen LogP contribution in [0.4, 0.5) is 8.78 Å². The fourth-order valence-corrected chi connectivity index (χ4v) is 4.36. The van der Waals surface area contributed by atoms with Gasteiger partial charge in [0.1, 0.15) is 11.6 Å². The highest BCUT2D eigenvalue weighted by molar-refractivity contribution is 7.89. The van der Waals surface area contributed by atoms with Crippen LogP contribution in [0.1, 0.15) is 6.42 Å². The molecular formula is C13H16F2N2O3S. The van der Waals surface area contributed by atoms with Crippen molar-refractivity contribution >= 4 is 10.0 Å². The molecule has 1 N–H and O–H groups in total. The molecule has 0 bridgehead atoms. The highest BCUT2D eigenvalue weighted by Gasteiger charge is 2.43. The molecule has 8 heteroatoms. The SMILES string of the molecule is O=S(=O)(c1cc(F)cc(F)c1)N1CCOC2(CCNC2)C1. The van der Waals surface area contributed by atoms with Crippen LogP contribution in [0.3, 0.4) is 0 Å². The monoisotopic (exact) mass is 318 g/mol. The molecule has 1 spiro atoms. The number of sulfonamides is 1. The van der Waals surface area contributed by atoms with E-state index in [-0.39, 0.29) is 24.6 Å². The van der Waals surface area contributed by atoms with E-state index in [0.717, 1.165) is 25.1 Å². The minimum atomic E-state index is -3.92. The van der Waals surface area contributed by atoms with E-state index in [1.165, 1.54) is 4.31 Å². The molecule has 2 heterocycles. The molecule has 0 aliphatic carbocycles. The first-order chi connectivity index (χ1) is 9.91. The van der Waals surface area contributed by atoms with Gasteiger partial charge < -0.3 is 10.1 Å². The first-order valence-corrected chi connectivity index (χ1v) is 8.16. The summed E-state index contributed by atoms with van der Waals surface area (Å²) < 4.78 is 58.6. The molecule has 2 saturated heterocycles. The van der Waals surface area contributed by atoms with Gasteiger partial charge in [0, 0.05) is 25.7 Å². The van der Waals surface area contributed by atoms with E-state index >= 15 is 0 Å². The van der Waals surface area contributed by atoms with Crippen LogP contribution in [0.5, 0.6) is 0 Å². The van der Waals surface area contributed by atoms with E-state index in [9.17, 15) is 17.2 Å². The van der Waals surface area contributed by atoms with Gasteiger partial charge in [-0.05, 0) is 25.1 Å². The highest BCUT2D eigenvalue weighted by Crippen LogP contribution is 2.28. The predicted molar refractivity (Wildman–Crippen MR) is 71.3 cm³/mol. The lowest BCUT2D eigenvalue weighted by Gasteiger charge is -2.39. The summed E-state index contributed by atoms with van der Waals surface area (Å²) in [5, 5.41) is 3.15. The third-order valence-electron chi connectivity index (χ3n) is 3.89. The van der Waals surface area contributed by atoms with Gasteiger partial charge in [-0.2, -0.15) is 4.31 Å². The summed E-state index contributed by atoms with van der Waals surface area (Å²) in [5.41, 5.74) is -0.531. The molecule has 1 aromatic rings. The second-order valence-electron chi connectivity index (χ2n) is 5.40. The zero-order valence-electron chi connectivity index (χ0n) is 11.3. The number of morpholine rings is 1. The highest BCUT2D eigenvalue weighted by atomic mass is 32.2. The van der Waals surface area contributed by atoms with Crippen molar-refractivity contribution in [1.29, 1.82) is 0 Å². The lowest BCUT2D eigenvalue weighted by Crippen LogP contribution is -2.54. The molecule has 1 aromatic carbocycles. The summed E-state index contributed by atoms with van der Waals surface area (Å²) in [5.74, 6) is -1.81. The largest absolute Gasteiger partial charge is 0.371 e. The number of nitrogens with zero attached hydrogens (tertiary/aromatic N) is 1. The topological polar surface area (TPSA) is 58.6 Å². The number of benzene rings is 1. The molecule has 2 fully saturated rings. The van der Waals surface area contributed by atoms with Crippen LogP contribution in [0.15, 0.2) is 23.1 Å². The molecule has 116 valence electrons. The van der Waals surface area contributed by atoms with Gasteiger partial charge in [-0.15, -0.1) is 0 Å². The first kappa shape index (κ1) is 14.8. The molecule has 1 unspecified atom stereocenters. The van der Waals surface area contributed by atoms with Gasteiger partial charge in [0.15, 0.2) is 0 Å². The Bertz CT molecular complexity index is 625. The Kier molecular flexibility index (Phi) is 3.73. The number of hydrogen-bond acceptors (Lipinski definition) is 4. The van der Waals surface area contributed by atoms with Crippen LogP contribution in [-0.4, -0.2) is 51.1 Å². The van der Waals surface area contributed by atoms with Crippen molar-refractivity contribution in [3.63, 3.8) is 0 Å². The van der Waals surface area contributed by atoms with Crippen molar-refractivity contribution in [3.8, 4) is 0 Å². The van der Waals surface area contributed by atoms with Crippen LogP contribution < -0.4 is 5.32 Å². The van der Waals surface area contributed by atoms with Crippen molar-refractivity contribution in [2.75, 3.05) is 32.8 Å². The number of ether oxygens (including phenoxy) is 1. The van der Waals surface area contributed by atoms with Gasteiger partial charge in [-0.1, -0.05) is 0 Å². The number of hydrogen-bond donors (Lipinski definition) is 1. The van der Waals surface area contributed by atoms with Gasteiger partial charge in [0.2, 0.25) is 10.0 Å². The molecule has 3 rings (SSSR count). The van der Waals surface area contributed by atoms with Gasteiger partial charge in [0.05, 0.1) is 17.1 Å². The summed E-state index contributed by atoms with van der Waals surface area (Å²) in [7, 11) is -3.92. The summed E-state index contributed by atoms with van der Waals surface area (Å²) in [4.78, 5) is -0.358. The van der Waals surface area contributed by atoms with Crippen molar-refractivity contribution in [3.05, 3.63) is 29.8 Å². The van der Waals surface area contributed by atoms with Crippen LogP contribution in [0.2, 0.25) is 0 Å². The summed E-state index contributed by atoms with van der Waals surface area (Å²) in [6.45, 7) is 2.00. The fraction of sp³-hybridized carbons (Fsp3) is 0.538. The van der Waals surface area contributed by atoms with E-state index in [1.54, 1.807) is 0 Å². The second kappa shape index (κ2) is 5.28. The van der Waals surface area contributed by atoms with Crippen molar-refractivity contribution in [2.45, 2.75) is 16.9 Å². The standard InChI is InChI=1S/C13H16F2N2O3S/c14-10-5-11(15)7-12(6-10)21(18,19)17-3-4-20-13(9-17)1-2-16-8-13/h5-7,16H,1-4,8-9H2. The molecular weight excluding hydrogens is 302 g/mol. The minimum Gasteiger partial charge on any atom is -0.371 e. The van der Waals surface area contributed by atoms with E-state index in [4.69, 9.17) is 4.74 Å². The Labute approximate surface area is 121 Å². The molecule has 0 saturated carbocycles. The maximum absolute atomic E-state index is 13.3. The van der Waals surface area contributed by atoms with E-state index in [1.807, 2.05) is 0 Å². The fourth-order valence-electron chi connectivity index (χ4n) is 2.82. The molecule has 0 amide bonds. The van der Waals surface area contributed by atoms with E-state index in [2.05, 4.69) is 5.32 Å². The third kappa shape index (κ3) is 2.80. The van der Waals surface area contributed by atoms with Gasteiger partial charge in [0.25, 0.3) is 0 Å². The molecule has 2 aliphatic heterocycles. The average Bonchev–Trinajstić information content (AvgIpc) is 2.85. The first-order valence-electron chi connectivity index (χ1n) is 6.72. The third-order valence-corrected chi connectivity index (χ3v) is 5.71. The Balaban J connectivity index is 1.90. The molecule has 0 aromatic heterocycles. The Morgan fingerprint density at radius 3 is 2.57 bits per heavy atom.